The van der Waals surface area contributed by atoms with Crippen LogP contribution in [0.1, 0.15) is 41.3 Å². The molecule has 0 spiro atoms. The van der Waals surface area contributed by atoms with Gasteiger partial charge in [0.25, 0.3) is 5.91 Å². The zero-order valence-corrected chi connectivity index (χ0v) is 15.3. The quantitative estimate of drug-likeness (QED) is 0.649. The highest BCUT2D eigenvalue weighted by Gasteiger charge is 2.29. The zero-order valence-electron chi connectivity index (χ0n) is 15.3. The molecular weight excluding hydrogens is 318 g/mol. The van der Waals surface area contributed by atoms with Crippen molar-refractivity contribution >= 4 is 5.91 Å². The molecule has 1 unspecified atom stereocenters. The maximum absolute atomic E-state index is 12.8. The minimum atomic E-state index is -0.0267. The van der Waals surface area contributed by atoms with E-state index in [1.54, 1.807) is 0 Å². The van der Waals surface area contributed by atoms with E-state index in [0.717, 1.165) is 0 Å². The summed E-state index contributed by atoms with van der Waals surface area (Å²) in [5, 5.41) is 3.29. The first-order chi connectivity index (χ1) is 12.7. The van der Waals surface area contributed by atoms with Crippen molar-refractivity contribution in [2.75, 3.05) is 0 Å². The first-order valence-corrected chi connectivity index (χ1v) is 9.12. The molecule has 0 heterocycles. The van der Waals surface area contributed by atoms with Crippen LogP contribution in [0.2, 0.25) is 0 Å². The monoisotopic (exact) mass is 343 g/mol. The van der Waals surface area contributed by atoms with E-state index in [1.165, 1.54) is 11.1 Å². The van der Waals surface area contributed by atoms with Crippen LogP contribution in [-0.4, -0.2) is 11.9 Å². The van der Waals surface area contributed by atoms with Crippen molar-refractivity contribution in [3.8, 4) is 0 Å². The van der Waals surface area contributed by atoms with E-state index in [0.29, 0.717) is 5.56 Å². The van der Waals surface area contributed by atoms with E-state index in [2.05, 4.69) is 67.7 Å². The second-order valence-corrected chi connectivity index (χ2v) is 6.91. The second-order valence-electron chi connectivity index (χ2n) is 6.91. The van der Waals surface area contributed by atoms with Crippen molar-refractivity contribution in [2.45, 2.75) is 25.8 Å². The molecule has 132 valence electrons. The second kappa shape index (κ2) is 8.48. The Balaban J connectivity index is 1.97. The fraction of sp³-hybridized carbons (Fsp3) is 0.208. The number of hydrogen-bond acceptors (Lipinski definition) is 1. The minimum absolute atomic E-state index is 0.00694. The lowest BCUT2D eigenvalue weighted by Gasteiger charge is -2.32. The predicted molar refractivity (Wildman–Crippen MR) is 107 cm³/mol. The highest BCUT2D eigenvalue weighted by molar-refractivity contribution is 5.94. The minimum Gasteiger partial charge on any atom is -0.348 e. The van der Waals surface area contributed by atoms with Gasteiger partial charge in [0, 0.05) is 17.5 Å². The Bertz CT molecular complexity index is 773. The van der Waals surface area contributed by atoms with Gasteiger partial charge in [-0.3, -0.25) is 4.79 Å². The topological polar surface area (TPSA) is 29.1 Å². The van der Waals surface area contributed by atoms with Crippen LogP contribution in [0.25, 0.3) is 0 Å². The summed E-state index contributed by atoms with van der Waals surface area (Å²) in [6, 6.07) is 30.3. The lowest BCUT2D eigenvalue weighted by Crippen LogP contribution is -2.43. The lowest BCUT2D eigenvalue weighted by molar-refractivity contribution is 0.0921. The molecule has 3 aromatic rings. The van der Waals surface area contributed by atoms with Crippen LogP contribution in [0.5, 0.6) is 0 Å². The van der Waals surface area contributed by atoms with Gasteiger partial charge in [-0.15, -0.1) is 0 Å². The molecule has 3 aromatic carbocycles. The smallest absolute Gasteiger partial charge is 0.251 e. The number of rotatable bonds is 6. The van der Waals surface area contributed by atoms with E-state index in [9.17, 15) is 4.79 Å². The summed E-state index contributed by atoms with van der Waals surface area (Å²) >= 11 is 0. The predicted octanol–water partition coefficient (Wildman–Crippen LogP) is 5.27. The van der Waals surface area contributed by atoms with Crippen LogP contribution in [-0.2, 0) is 0 Å². The van der Waals surface area contributed by atoms with Crippen molar-refractivity contribution in [2.24, 2.45) is 5.92 Å². The number of amides is 1. The summed E-state index contributed by atoms with van der Waals surface area (Å²) in [6.45, 7) is 4.32. The molecule has 0 fully saturated rings. The molecule has 2 nitrogen and oxygen atoms in total. The Kier molecular flexibility index (Phi) is 5.85. The van der Waals surface area contributed by atoms with Gasteiger partial charge in [-0.1, -0.05) is 92.7 Å². The Morgan fingerprint density at radius 2 is 1.12 bits per heavy atom. The molecule has 1 N–H and O–H groups in total. The molecule has 1 atom stereocenters. The molecule has 0 aliphatic rings. The molecular formula is C24H25NO. The first kappa shape index (κ1) is 17.9. The van der Waals surface area contributed by atoms with Gasteiger partial charge in [-0.2, -0.15) is 0 Å². The SMILES string of the molecule is CC(C)C(NC(=O)c1ccccc1)C(c1ccccc1)c1ccccc1. The molecule has 2 heteroatoms. The maximum atomic E-state index is 12.8. The summed E-state index contributed by atoms with van der Waals surface area (Å²) in [7, 11) is 0. The fourth-order valence-corrected chi connectivity index (χ4v) is 3.39. The Morgan fingerprint density at radius 3 is 1.54 bits per heavy atom. The molecule has 26 heavy (non-hydrogen) atoms. The van der Waals surface area contributed by atoms with Gasteiger partial charge in [0.05, 0.1) is 0 Å². The van der Waals surface area contributed by atoms with E-state index in [1.807, 2.05) is 42.5 Å². The van der Waals surface area contributed by atoms with Crippen molar-refractivity contribution in [3.05, 3.63) is 108 Å². The van der Waals surface area contributed by atoms with Gasteiger partial charge in [0.2, 0.25) is 0 Å². The average Bonchev–Trinajstić information content (AvgIpc) is 2.69. The van der Waals surface area contributed by atoms with Crippen LogP contribution < -0.4 is 5.32 Å². The summed E-state index contributed by atoms with van der Waals surface area (Å²) in [6.07, 6.45) is 0. The average molecular weight is 343 g/mol. The normalized spacial score (nSPS) is 12.2. The van der Waals surface area contributed by atoms with Gasteiger partial charge in [-0.05, 0) is 29.2 Å². The van der Waals surface area contributed by atoms with Crippen LogP contribution >= 0.6 is 0 Å². The van der Waals surface area contributed by atoms with E-state index < -0.39 is 0 Å². The lowest BCUT2D eigenvalue weighted by atomic mass is 9.80. The van der Waals surface area contributed by atoms with E-state index in [-0.39, 0.29) is 23.8 Å². The molecule has 0 radical (unpaired) electrons. The summed E-state index contributed by atoms with van der Waals surface area (Å²) < 4.78 is 0. The molecule has 1 amide bonds. The highest BCUT2D eigenvalue weighted by atomic mass is 16.1. The van der Waals surface area contributed by atoms with Gasteiger partial charge >= 0.3 is 0 Å². The third-order valence-electron chi connectivity index (χ3n) is 4.73. The highest BCUT2D eigenvalue weighted by Crippen LogP contribution is 2.31. The Labute approximate surface area is 155 Å². The van der Waals surface area contributed by atoms with Crippen molar-refractivity contribution < 1.29 is 4.79 Å². The Hall–Kier alpha value is -2.87. The number of nitrogens with one attached hydrogen (secondary N) is 1. The van der Waals surface area contributed by atoms with Gasteiger partial charge in [0.1, 0.15) is 0 Å². The molecule has 0 saturated heterocycles. The summed E-state index contributed by atoms with van der Waals surface area (Å²) in [4.78, 5) is 12.8. The van der Waals surface area contributed by atoms with E-state index in [4.69, 9.17) is 0 Å². The molecule has 0 saturated carbocycles. The maximum Gasteiger partial charge on any atom is 0.251 e. The van der Waals surface area contributed by atoms with E-state index >= 15 is 0 Å². The fourth-order valence-electron chi connectivity index (χ4n) is 3.39. The van der Waals surface area contributed by atoms with Crippen LogP contribution in [0.4, 0.5) is 0 Å². The first-order valence-electron chi connectivity index (χ1n) is 9.12. The zero-order chi connectivity index (χ0) is 18.4. The van der Waals surface area contributed by atoms with Crippen LogP contribution in [0.3, 0.4) is 0 Å². The molecule has 0 aromatic heterocycles. The number of benzene rings is 3. The van der Waals surface area contributed by atoms with Crippen LogP contribution in [0.15, 0.2) is 91.0 Å². The molecule has 0 bridgehead atoms. The number of hydrogen-bond donors (Lipinski definition) is 1. The Morgan fingerprint density at radius 1 is 0.692 bits per heavy atom. The molecule has 0 aliphatic heterocycles. The van der Waals surface area contributed by atoms with Gasteiger partial charge in [0.15, 0.2) is 0 Å². The number of carbonyl (C=O) groups is 1. The number of carbonyl (C=O) groups excluding carboxylic acids is 1. The third kappa shape index (κ3) is 4.20. The van der Waals surface area contributed by atoms with Crippen molar-refractivity contribution in [3.63, 3.8) is 0 Å². The summed E-state index contributed by atoms with van der Waals surface area (Å²) in [5.74, 6) is 0.360. The molecule has 3 rings (SSSR count). The van der Waals surface area contributed by atoms with Gasteiger partial charge in [-0.25, -0.2) is 0 Å². The summed E-state index contributed by atoms with van der Waals surface area (Å²) in [5.41, 5.74) is 3.12. The van der Waals surface area contributed by atoms with Crippen molar-refractivity contribution in [1.82, 2.24) is 5.32 Å². The molecule has 0 aliphatic carbocycles. The third-order valence-corrected chi connectivity index (χ3v) is 4.73. The largest absolute Gasteiger partial charge is 0.348 e. The standard InChI is InChI=1S/C24H25NO/c1-18(2)23(25-24(26)21-16-10-5-11-17-21)22(19-12-6-3-7-13-19)20-14-8-4-9-15-20/h3-18,22-23H,1-2H3,(H,25,26). The van der Waals surface area contributed by atoms with Crippen molar-refractivity contribution in [1.29, 1.82) is 0 Å². The van der Waals surface area contributed by atoms with Crippen LogP contribution in [0, 0.1) is 5.92 Å². The van der Waals surface area contributed by atoms with Gasteiger partial charge < -0.3 is 5.32 Å².